The molecule has 34 heavy (non-hydrogen) atoms. The molecule has 1 aliphatic rings. The molecule has 0 bridgehead atoms. The second-order valence-corrected chi connectivity index (χ2v) is 7.44. The Labute approximate surface area is 195 Å². The van der Waals surface area contributed by atoms with Crippen LogP contribution in [0.2, 0.25) is 0 Å². The summed E-state index contributed by atoms with van der Waals surface area (Å²) >= 11 is 0. The molecule has 2 heterocycles. The van der Waals surface area contributed by atoms with Crippen molar-refractivity contribution in [3.63, 3.8) is 0 Å². The molecule has 1 aliphatic heterocycles. The van der Waals surface area contributed by atoms with E-state index in [1.54, 1.807) is 0 Å². The molecule has 10 heteroatoms. The zero-order chi connectivity index (χ0) is 25.3. The molecule has 180 valence electrons. The first-order chi connectivity index (χ1) is 16.1. The first kappa shape index (κ1) is 25.9. The van der Waals surface area contributed by atoms with Gasteiger partial charge in [0.05, 0.1) is 11.1 Å². The van der Waals surface area contributed by atoms with E-state index in [2.05, 4.69) is 23.0 Å². The number of phenolic OH excluding ortho intramolecular Hbond substituents is 4. The Kier molecular flexibility index (Phi) is 9.21. The van der Waals surface area contributed by atoms with Crippen LogP contribution in [0.15, 0.2) is 60.9 Å². The minimum atomic E-state index is -1.14. The maximum atomic E-state index is 10.3. The fourth-order valence-electron chi connectivity index (χ4n) is 3.22. The van der Waals surface area contributed by atoms with Gasteiger partial charge in [0.25, 0.3) is 0 Å². The number of nitrogens with zero attached hydrogens (tertiary/aromatic N) is 2. The zero-order valence-corrected chi connectivity index (χ0v) is 18.4. The minimum Gasteiger partial charge on any atom is -0.504 e. The van der Waals surface area contributed by atoms with Gasteiger partial charge < -0.3 is 30.6 Å². The van der Waals surface area contributed by atoms with Crippen LogP contribution in [-0.4, -0.2) is 66.1 Å². The summed E-state index contributed by atoms with van der Waals surface area (Å²) in [5.41, 5.74) is 1.25. The van der Waals surface area contributed by atoms with Gasteiger partial charge in [0, 0.05) is 18.4 Å². The average Bonchev–Trinajstić information content (AvgIpc) is 3.24. The van der Waals surface area contributed by atoms with E-state index in [9.17, 15) is 9.59 Å². The summed E-state index contributed by atoms with van der Waals surface area (Å²) < 4.78 is 0. The largest absolute Gasteiger partial charge is 0.504 e. The van der Waals surface area contributed by atoms with Crippen molar-refractivity contribution in [2.45, 2.75) is 18.9 Å². The number of carboxylic acids is 2. The lowest BCUT2D eigenvalue weighted by Crippen LogP contribution is -2.17. The lowest BCUT2D eigenvalue weighted by molar-refractivity contribution is 0.0685. The van der Waals surface area contributed by atoms with E-state index in [-0.39, 0.29) is 22.6 Å². The van der Waals surface area contributed by atoms with Gasteiger partial charge in [-0.15, -0.1) is 0 Å². The fourth-order valence-corrected chi connectivity index (χ4v) is 3.22. The number of aromatic hydroxyl groups is 4. The summed E-state index contributed by atoms with van der Waals surface area (Å²) in [6.45, 7) is 1.22. The number of hydrogen-bond donors (Lipinski definition) is 6. The van der Waals surface area contributed by atoms with E-state index in [1.807, 2.05) is 18.5 Å². The smallest absolute Gasteiger partial charge is 0.335 e. The molecular weight excluding hydrogens is 444 g/mol. The van der Waals surface area contributed by atoms with Gasteiger partial charge in [-0.3, -0.25) is 9.88 Å². The molecule has 6 N–H and O–H groups in total. The van der Waals surface area contributed by atoms with Gasteiger partial charge in [-0.2, -0.15) is 0 Å². The first-order valence-electron chi connectivity index (χ1n) is 10.2. The predicted molar refractivity (Wildman–Crippen MR) is 122 cm³/mol. The van der Waals surface area contributed by atoms with E-state index >= 15 is 0 Å². The van der Waals surface area contributed by atoms with E-state index < -0.39 is 23.4 Å². The van der Waals surface area contributed by atoms with Crippen molar-refractivity contribution in [2.24, 2.45) is 0 Å². The van der Waals surface area contributed by atoms with Gasteiger partial charge >= 0.3 is 11.9 Å². The number of carboxylic acid groups (broad SMARTS) is 2. The third-order valence-corrected chi connectivity index (χ3v) is 5.03. The number of aromatic carboxylic acids is 2. The van der Waals surface area contributed by atoms with Gasteiger partial charge in [-0.25, -0.2) is 9.59 Å². The van der Waals surface area contributed by atoms with Crippen LogP contribution in [-0.2, 0) is 0 Å². The van der Waals surface area contributed by atoms with Crippen molar-refractivity contribution >= 4 is 11.9 Å². The second-order valence-electron chi connectivity index (χ2n) is 7.44. The monoisotopic (exact) mass is 470 g/mol. The highest BCUT2D eigenvalue weighted by molar-refractivity contribution is 5.88. The third kappa shape index (κ3) is 7.38. The molecule has 4 rings (SSSR count). The van der Waals surface area contributed by atoms with Crippen LogP contribution in [0.4, 0.5) is 0 Å². The number of hydrogen-bond acceptors (Lipinski definition) is 8. The minimum absolute atomic E-state index is 0.0553. The van der Waals surface area contributed by atoms with Crippen molar-refractivity contribution < 1.29 is 40.2 Å². The fraction of sp³-hybridized carbons (Fsp3) is 0.208. The maximum Gasteiger partial charge on any atom is 0.335 e. The zero-order valence-electron chi connectivity index (χ0n) is 18.4. The Bertz CT molecular complexity index is 1060. The highest BCUT2D eigenvalue weighted by Crippen LogP contribution is 2.29. The van der Waals surface area contributed by atoms with E-state index in [0.29, 0.717) is 6.04 Å². The van der Waals surface area contributed by atoms with E-state index in [1.165, 1.54) is 37.1 Å². The summed E-state index contributed by atoms with van der Waals surface area (Å²) in [5, 5.41) is 52.1. The number of pyridine rings is 1. The predicted octanol–water partition coefficient (Wildman–Crippen LogP) is 3.44. The summed E-state index contributed by atoms with van der Waals surface area (Å²) in [5.74, 6) is -3.78. The standard InChI is InChI=1S/C10H14N2.2C7H6O4/c1-12-7-3-5-10(12)9-4-2-6-11-8-9;2*8-5-2-1-4(7(10)11)3-6(5)9/h2,4,6,8,10H,3,5,7H2,1H3;2*1-3,8-9H,(H,10,11). The van der Waals surface area contributed by atoms with Crippen LogP contribution in [0.3, 0.4) is 0 Å². The third-order valence-electron chi connectivity index (χ3n) is 5.03. The number of benzene rings is 2. The molecule has 0 amide bonds. The van der Waals surface area contributed by atoms with Crippen molar-refractivity contribution in [2.75, 3.05) is 13.6 Å². The number of carbonyl (C=O) groups is 2. The molecule has 1 unspecified atom stereocenters. The highest BCUT2D eigenvalue weighted by atomic mass is 16.4. The Morgan fingerprint density at radius 3 is 1.74 bits per heavy atom. The highest BCUT2D eigenvalue weighted by Gasteiger charge is 2.22. The van der Waals surface area contributed by atoms with Crippen LogP contribution in [0.25, 0.3) is 0 Å². The normalized spacial score (nSPS) is 14.8. The molecule has 1 atom stereocenters. The average molecular weight is 470 g/mol. The van der Waals surface area contributed by atoms with Crippen LogP contribution in [0.5, 0.6) is 23.0 Å². The van der Waals surface area contributed by atoms with Crippen LogP contribution in [0, 0.1) is 0 Å². The molecule has 0 saturated carbocycles. The lowest BCUT2D eigenvalue weighted by atomic mass is 10.1. The van der Waals surface area contributed by atoms with Gasteiger partial charge in [-0.05, 0) is 74.5 Å². The van der Waals surface area contributed by atoms with E-state index in [4.69, 9.17) is 30.6 Å². The summed E-state index contributed by atoms with van der Waals surface area (Å²) in [4.78, 5) is 27.1. The molecule has 0 radical (unpaired) electrons. The molecule has 2 aromatic carbocycles. The SMILES string of the molecule is CN1CCCC1c1cccnc1.O=C(O)c1ccc(O)c(O)c1.O=C(O)c1ccc(O)c(O)c1. The lowest BCUT2D eigenvalue weighted by Gasteiger charge is -2.18. The number of rotatable bonds is 3. The van der Waals surface area contributed by atoms with Crippen LogP contribution >= 0.6 is 0 Å². The topological polar surface area (TPSA) is 172 Å². The molecule has 0 aliphatic carbocycles. The van der Waals surface area contributed by atoms with Crippen molar-refractivity contribution in [1.29, 1.82) is 0 Å². The first-order valence-corrected chi connectivity index (χ1v) is 10.2. The van der Waals surface area contributed by atoms with Crippen molar-refractivity contribution in [1.82, 2.24) is 9.88 Å². The molecule has 0 spiro atoms. The Morgan fingerprint density at radius 1 is 0.853 bits per heavy atom. The van der Waals surface area contributed by atoms with Gasteiger partial charge in [0.15, 0.2) is 23.0 Å². The summed E-state index contributed by atoms with van der Waals surface area (Å²) in [6, 6.07) is 11.4. The molecule has 1 saturated heterocycles. The molecular formula is C24H26N2O8. The quantitative estimate of drug-likeness (QED) is 0.311. The van der Waals surface area contributed by atoms with E-state index in [0.717, 1.165) is 24.3 Å². The van der Waals surface area contributed by atoms with Crippen molar-refractivity contribution in [3.05, 3.63) is 77.6 Å². The Hall–Kier alpha value is -4.31. The Balaban J connectivity index is 0.000000181. The maximum absolute atomic E-state index is 10.3. The molecule has 1 aromatic heterocycles. The number of likely N-dealkylation sites (tertiary alicyclic amines) is 1. The number of phenols is 4. The molecule has 10 nitrogen and oxygen atoms in total. The van der Waals surface area contributed by atoms with Crippen LogP contribution in [0.1, 0.15) is 45.2 Å². The summed E-state index contributed by atoms with van der Waals surface area (Å²) in [7, 11) is 2.19. The Morgan fingerprint density at radius 2 is 1.38 bits per heavy atom. The van der Waals surface area contributed by atoms with Crippen LogP contribution < -0.4 is 0 Å². The molecule has 1 fully saturated rings. The van der Waals surface area contributed by atoms with Crippen molar-refractivity contribution in [3.8, 4) is 23.0 Å². The molecule has 3 aromatic rings. The van der Waals surface area contributed by atoms with Gasteiger partial charge in [0.2, 0.25) is 0 Å². The number of aromatic nitrogens is 1. The van der Waals surface area contributed by atoms with Gasteiger partial charge in [-0.1, -0.05) is 6.07 Å². The second kappa shape index (κ2) is 12.1. The summed E-state index contributed by atoms with van der Waals surface area (Å²) in [6.07, 6.45) is 6.41. The van der Waals surface area contributed by atoms with Gasteiger partial charge in [0.1, 0.15) is 0 Å².